The Morgan fingerprint density at radius 2 is 1.95 bits per heavy atom. The van der Waals surface area contributed by atoms with E-state index in [9.17, 15) is 9.59 Å². The van der Waals surface area contributed by atoms with Crippen molar-refractivity contribution in [2.45, 2.75) is 13.3 Å². The number of carbonyl (C=O) groups excluding carboxylic acids is 2. The molecule has 0 radical (unpaired) electrons. The van der Waals surface area contributed by atoms with E-state index >= 15 is 0 Å². The van der Waals surface area contributed by atoms with Gasteiger partial charge in [0.15, 0.2) is 0 Å². The molecule has 1 heterocycles. The number of carbonyl (C=O) groups is 2. The summed E-state index contributed by atoms with van der Waals surface area (Å²) < 4.78 is 0. The number of hydrogen-bond donors (Lipinski definition) is 4. The highest BCUT2D eigenvalue weighted by molar-refractivity contribution is 5.96. The smallest absolute Gasteiger partial charge is 0.319 e. The second-order valence-corrected chi connectivity index (χ2v) is 4.35. The van der Waals surface area contributed by atoms with Crippen LogP contribution >= 0.6 is 0 Å². The van der Waals surface area contributed by atoms with Crippen LogP contribution in [0.4, 0.5) is 16.3 Å². The van der Waals surface area contributed by atoms with Gasteiger partial charge in [-0.2, -0.15) is 5.10 Å². The van der Waals surface area contributed by atoms with Crippen molar-refractivity contribution in [3.63, 3.8) is 0 Å². The number of nitrogens with one attached hydrogen (secondary N) is 4. The van der Waals surface area contributed by atoms with E-state index in [1.54, 1.807) is 18.3 Å². The molecule has 2 aromatic rings. The summed E-state index contributed by atoms with van der Waals surface area (Å²) in [5, 5.41) is 14.3. The van der Waals surface area contributed by atoms with Gasteiger partial charge in [-0.3, -0.25) is 9.89 Å². The van der Waals surface area contributed by atoms with Gasteiger partial charge in [0.05, 0.1) is 12.7 Å². The van der Waals surface area contributed by atoms with Crippen LogP contribution in [-0.4, -0.2) is 28.7 Å². The van der Waals surface area contributed by atoms with Crippen molar-refractivity contribution in [3.05, 3.63) is 42.1 Å². The minimum absolute atomic E-state index is 0.124. The topological polar surface area (TPSA) is 98.9 Å². The van der Waals surface area contributed by atoms with Crippen LogP contribution in [0.3, 0.4) is 0 Å². The van der Waals surface area contributed by atoms with Gasteiger partial charge in [-0.1, -0.05) is 25.1 Å². The summed E-state index contributed by atoms with van der Waals surface area (Å²) in [5.74, 6) is 0.241. The highest BCUT2D eigenvalue weighted by Crippen LogP contribution is 2.10. The summed E-state index contributed by atoms with van der Waals surface area (Å²) in [7, 11) is 0. The fourth-order valence-corrected chi connectivity index (χ4v) is 1.73. The van der Waals surface area contributed by atoms with Gasteiger partial charge in [0.2, 0.25) is 5.91 Å². The van der Waals surface area contributed by atoms with Crippen molar-refractivity contribution < 1.29 is 9.59 Å². The third kappa shape index (κ3) is 4.34. The molecule has 0 aliphatic rings. The minimum Gasteiger partial charge on any atom is -0.329 e. The number of aromatic amines is 1. The molecule has 21 heavy (non-hydrogen) atoms. The molecule has 0 bridgehead atoms. The van der Waals surface area contributed by atoms with Crippen LogP contribution in [0.1, 0.15) is 12.5 Å². The highest BCUT2D eigenvalue weighted by Gasteiger charge is 2.09. The summed E-state index contributed by atoms with van der Waals surface area (Å²) in [4.78, 5) is 23.4. The van der Waals surface area contributed by atoms with Crippen molar-refractivity contribution in [1.82, 2.24) is 15.5 Å². The molecule has 7 heteroatoms. The summed E-state index contributed by atoms with van der Waals surface area (Å²) in [6, 6.07) is 8.57. The lowest BCUT2D eigenvalue weighted by molar-refractivity contribution is -0.115. The molecule has 0 spiro atoms. The van der Waals surface area contributed by atoms with Crippen LogP contribution in [-0.2, 0) is 11.2 Å². The number of anilines is 2. The quantitative estimate of drug-likeness (QED) is 0.674. The van der Waals surface area contributed by atoms with Gasteiger partial charge < -0.3 is 16.0 Å². The zero-order valence-corrected chi connectivity index (χ0v) is 11.6. The van der Waals surface area contributed by atoms with Crippen molar-refractivity contribution >= 4 is 23.4 Å². The fraction of sp³-hybridized carbons (Fsp3) is 0.214. The van der Waals surface area contributed by atoms with Gasteiger partial charge in [0.1, 0.15) is 5.82 Å². The number of H-pyrrole nitrogens is 1. The molecule has 0 saturated carbocycles. The van der Waals surface area contributed by atoms with Crippen LogP contribution in [0.25, 0.3) is 0 Å². The van der Waals surface area contributed by atoms with Gasteiger partial charge in [0.25, 0.3) is 0 Å². The molecule has 0 aliphatic heterocycles. The largest absolute Gasteiger partial charge is 0.329 e. The van der Waals surface area contributed by atoms with Gasteiger partial charge in [-0.25, -0.2) is 4.79 Å². The van der Waals surface area contributed by atoms with E-state index in [1.165, 1.54) is 0 Å². The highest BCUT2D eigenvalue weighted by atomic mass is 16.2. The van der Waals surface area contributed by atoms with Crippen LogP contribution in [0.15, 0.2) is 36.5 Å². The molecule has 0 atom stereocenters. The Morgan fingerprint density at radius 1 is 1.19 bits per heavy atom. The Bertz CT molecular complexity index is 609. The van der Waals surface area contributed by atoms with Crippen molar-refractivity contribution in [2.24, 2.45) is 0 Å². The molecule has 0 saturated heterocycles. The first-order valence-corrected chi connectivity index (χ1v) is 6.61. The number of amides is 3. The summed E-state index contributed by atoms with van der Waals surface area (Å²) in [6.45, 7) is 1.84. The Balaban J connectivity index is 1.77. The Morgan fingerprint density at radius 3 is 2.67 bits per heavy atom. The van der Waals surface area contributed by atoms with Crippen molar-refractivity contribution in [3.8, 4) is 0 Å². The molecule has 1 aromatic heterocycles. The number of aryl methyl sites for hydroxylation is 1. The monoisotopic (exact) mass is 287 g/mol. The van der Waals surface area contributed by atoms with Crippen LogP contribution < -0.4 is 16.0 Å². The zero-order chi connectivity index (χ0) is 15.1. The van der Waals surface area contributed by atoms with E-state index in [0.29, 0.717) is 11.5 Å². The number of benzene rings is 1. The maximum absolute atomic E-state index is 11.7. The standard InChI is InChI=1S/C14H17N5O2/c1-2-10-8-16-19-13(10)18-12(20)9-15-14(21)17-11-6-4-3-5-7-11/h3-8H,2,9H2,1H3,(H2,15,17,21)(H2,16,18,19,20). The van der Waals surface area contributed by atoms with Crippen LogP contribution in [0.2, 0.25) is 0 Å². The average molecular weight is 287 g/mol. The van der Waals surface area contributed by atoms with E-state index in [1.807, 2.05) is 25.1 Å². The van der Waals surface area contributed by atoms with E-state index in [0.717, 1.165) is 12.0 Å². The molecular weight excluding hydrogens is 270 g/mol. The molecule has 2 rings (SSSR count). The second-order valence-electron chi connectivity index (χ2n) is 4.35. The predicted molar refractivity (Wildman–Crippen MR) is 80.1 cm³/mol. The number of urea groups is 1. The summed E-state index contributed by atoms with van der Waals surface area (Å²) in [6.07, 6.45) is 2.42. The number of aromatic nitrogens is 2. The van der Waals surface area contributed by atoms with Crippen LogP contribution in [0, 0.1) is 0 Å². The average Bonchev–Trinajstić information content (AvgIpc) is 2.93. The first kappa shape index (κ1) is 14.6. The minimum atomic E-state index is -0.434. The number of para-hydroxylation sites is 1. The third-order valence-corrected chi connectivity index (χ3v) is 2.80. The van der Waals surface area contributed by atoms with Gasteiger partial charge >= 0.3 is 6.03 Å². The molecule has 7 nitrogen and oxygen atoms in total. The zero-order valence-electron chi connectivity index (χ0n) is 11.6. The molecule has 4 N–H and O–H groups in total. The predicted octanol–water partition coefficient (Wildman–Crippen LogP) is 1.73. The van der Waals surface area contributed by atoms with E-state index in [-0.39, 0.29) is 12.5 Å². The Labute approximate surface area is 122 Å². The fourth-order valence-electron chi connectivity index (χ4n) is 1.73. The normalized spacial score (nSPS) is 9.95. The molecule has 0 aliphatic carbocycles. The van der Waals surface area contributed by atoms with Gasteiger partial charge in [-0.05, 0) is 18.6 Å². The second kappa shape index (κ2) is 7.09. The summed E-state index contributed by atoms with van der Waals surface area (Å²) in [5.41, 5.74) is 1.58. The van der Waals surface area contributed by atoms with Crippen molar-refractivity contribution in [2.75, 3.05) is 17.2 Å². The number of nitrogens with zero attached hydrogens (tertiary/aromatic N) is 1. The molecule has 3 amide bonds. The first-order chi connectivity index (χ1) is 10.2. The Hall–Kier alpha value is -2.83. The maximum atomic E-state index is 11.7. The van der Waals surface area contributed by atoms with E-state index in [4.69, 9.17) is 0 Å². The van der Waals surface area contributed by atoms with Crippen LogP contribution in [0.5, 0.6) is 0 Å². The molecule has 110 valence electrons. The molecular formula is C14H17N5O2. The molecule has 0 unspecified atom stereocenters. The lowest BCUT2D eigenvalue weighted by Crippen LogP contribution is -2.35. The number of rotatable bonds is 5. The SMILES string of the molecule is CCc1cn[nH]c1NC(=O)CNC(=O)Nc1ccccc1. The van der Waals surface area contributed by atoms with Gasteiger partial charge in [-0.15, -0.1) is 0 Å². The maximum Gasteiger partial charge on any atom is 0.319 e. The van der Waals surface area contributed by atoms with E-state index < -0.39 is 6.03 Å². The molecule has 1 aromatic carbocycles. The van der Waals surface area contributed by atoms with Crippen molar-refractivity contribution in [1.29, 1.82) is 0 Å². The lowest BCUT2D eigenvalue weighted by Gasteiger charge is -2.08. The first-order valence-electron chi connectivity index (χ1n) is 6.61. The van der Waals surface area contributed by atoms with Gasteiger partial charge in [0, 0.05) is 11.3 Å². The lowest BCUT2D eigenvalue weighted by atomic mass is 10.2. The Kier molecular flexibility index (Phi) is 4.92. The summed E-state index contributed by atoms with van der Waals surface area (Å²) >= 11 is 0. The number of hydrogen-bond acceptors (Lipinski definition) is 3. The third-order valence-electron chi connectivity index (χ3n) is 2.80. The van der Waals surface area contributed by atoms with E-state index in [2.05, 4.69) is 26.1 Å². The molecule has 0 fully saturated rings.